The Morgan fingerprint density at radius 1 is 1.25 bits per heavy atom. The fourth-order valence-corrected chi connectivity index (χ4v) is 2.08. The quantitative estimate of drug-likeness (QED) is 0.781. The number of allylic oxidation sites excluding steroid dienone is 1. The molecule has 0 spiro atoms. The number of fused-ring (bicyclic) bond motifs is 1. The van der Waals surface area contributed by atoms with Crippen LogP contribution >= 0.6 is 0 Å². The summed E-state index contributed by atoms with van der Waals surface area (Å²) in [5, 5.41) is 0. The molecule has 0 amide bonds. The van der Waals surface area contributed by atoms with Crippen LogP contribution in [0.2, 0.25) is 0 Å². The summed E-state index contributed by atoms with van der Waals surface area (Å²) in [6, 6.07) is 4.97. The molecule has 0 unspecified atom stereocenters. The molecule has 1 aromatic carbocycles. The van der Waals surface area contributed by atoms with E-state index in [0.29, 0.717) is 29.7 Å². The Balaban J connectivity index is 2.36. The molecule has 0 saturated heterocycles. The largest absolute Gasteiger partial charge is 0.497 e. The molecule has 3 nitrogen and oxygen atoms in total. The van der Waals surface area contributed by atoms with Crippen LogP contribution in [0.4, 0.5) is 13.2 Å². The molecule has 0 heterocycles. The van der Waals surface area contributed by atoms with Crippen molar-refractivity contribution < 1.29 is 27.4 Å². The molecule has 0 aliphatic heterocycles. The third-order valence-corrected chi connectivity index (χ3v) is 3.14. The van der Waals surface area contributed by atoms with Crippen molar-refractivity contribution in [1.82, 2.24) is 0 Å². The van der Waals surface area contributed by atoms with Crippen LogP contribution in [-0.2, 0) is 16.0 Å². The molecule has 20 heavy (non-hydrogen) atoms. The zero-order valence-corrected chi connectivity index (χ0v) is 11.0. The first-order valence-electron chi connectivity index (χ1n) is 5.99. The number of ether oxygens (including phenoxy) is 2. The number of aryl methyl sites for hydroxylation is 1. The Hall–Kier alpha value is -1.98. The average molecular weight is 286 g/mol. The van der Waals surface area contributed by atoms with Crippen LogP contribution in [-0.4, -0.2) is 19.3 Å². The van der Waals surface area contributed by atoms with Gasteiger partial charge in [-0.1, -0.05) is 0 Å². The van der Waals surface area contributed by atoms with Crippen molar-refractivity contribution >= 4 is 11.7 Å². The van der Waals surface area contributed by atoms with Crippen LogP contribution in [0.15, 0.2) is 23.8 Å². The molecule has 0 aromatic heterocycles. The van der Waals surface area contributed by atoms with Crippen LogP contribution in [0.25, 0.3) is 5.76 Å². The van der Waals surface area contributed by atoms with Crippen molar-refractivity contribution in [3.8, 4) is 5.75 Å². The van der Waals surface area contributed by atoms with Gasteiger partial charge in [0.15, 0.2) is 0 Å². The molecule has 2 rings (SSSR count). The molecule has 0 radical (unpaired) electrons. The molecule has 0 N–H and O–H groups in total. The first-order chi connectivity index (χ1) is 9.32. The van der Waals surface area contributed by atoms with Gasteiger partial charge in [0.2, 0.25) is 0 Å². The predicted molar refractivity (Wildman–Crippen MR) is 66.1 cm³/mol. The molecule has 0 bridgehead atoms. The topological polar surface area (TPSA) is 35.5 Å². The van der Waals surface area contributed by atoms with E-state index in [2.05, 4.69) is 4.74 Å². The number of benzene rings is 1. The lowest BCUT2D eigenvalue weighted by Gasteiger charge is -2.22. The van der Waals surface area contributed by atoms with Crippen molar-refractivity contribution in [2.75, 3.05) is 7.11 Å². The Kier molecular flexibility index (Phi) is 3.74. The number of halogens is 3. The molecule has 0 atom stereocenters. The van der Waals surface area contributed by atoms with E-state index in [-0.39, 0.29) is 5.76 Å². The van der Waals surface area contributed by atoms with Crippen molar-refractivity contribution in [2.24, 2.45) is 0 Å². The van der Waals surface area contributed by atoms with Gasteiger partial charge in [-0.05, 0) is 49.1 Å². The highest BCUT2D eigenvalue weighted by Gasteiger charge is 2.42. The van der Waals surface area contributed by atoms with E-state index in [4.69, 9.17) is 4.74 Å². The average Bonchev–Trinajstić information content (AvgIpc) is 2.40. The lowest BCUT2D eigenvalue weighted by atomic mass is 9.91. The van der Waals surface area contributed by atoms with Crippen LogP contribution < -0.4 is 4.74 Å². The summed E-state index contributed by atoms with van der Waals surface area (Å²) >= 11 is 0. The summed E-state index contributed by atoms with van der Waals surface area (Å²) in [5.41, 5.74) is 1.94. The van der Waals surface area contributed by atoms with Gasteiger partial charge in [-0.25, -0.2) is 4.79 Å². The molecule has 6 heteroatoms. The number of carbonyl (C=O) groups is 1. The normalized spacial score (nSPS) is 14.8. The number of carbonyl (C=O) groups excluding carboxylic acids is 1. The maximum absolute atomic E-state index is 12.3. The van der Waals surface area contributed by atoms with Crippen LogP contribution in [0.3, 0.4) is 0 Å². The first-order valence-corrected chi connectivity index (χ1v) is 5.99. The SMILES string of the molecule is COc1ccc2c(c1)CCC(C)=C2OC(=O)C(F)(F)F. The summed E-state index contributed by atoms with van der Waals surface area (Å²) < 4.78 is 46.5. The number of hydrogen-bond donors (Lipinski definition) is 0. The monoisotopic (exact) mass is 286 g/mol. The highest BCUT2D eigenvalue weighted by Crippen LogP contribution is 2.35. The second kappa shape index (κ2) is 5.19. The number of esters is 1. The van der Waals surface area contributed by atoms with Crippen LogP contribution in [0, 0.1) is 0 Å². The molecular weight excluding hydrogens is 273 g/mol. The standard InChI is InChI=1S/C14H13F3O3/c1-8-3-4-9-7-10(19-2)5-6-11(9)12(8)20-13(18)14(15,16)17/h5-7H,3-4H2,1-2H3. The van der Waals surface area contributed by atoms with Crippen LogP contribution in [0.5, 0.6) is 5.75 Å². The molecular formula is C14H13F3O3. The third kappa shape index (κ3) is 2.79. The van der Waals surface area contributed by atoms with Gasteiger partial charge in [0.05, 0.1) is 7.11 Å². The van der Waals surface area contributed by atoms with Crippen molar-refractivity contribution in [2.45, 2.75) is 25.9 Å². The Morgan fingerprint density at radius 2 is 1.95 bits per heavy atom. The summed E-state index contributed by atoms with van der Waals surface area (Å²) in [7, 11) is 1.51. The molecule has 108 valence electrons. The summed E-state index contributed by atoms with van der Waals surface area (Å²) in [4.78, 5) is 11.0. The van der Waals surface area contributed by atoms with E-state index in [1.165, 1.54) is 7.11 Å². The van der Waals surface area contributed by atoms with Crippen molar-refractivity contribution in [3.63, 3.8) is 0 Å². The van der Waals surface area contributed by atoms with Gasteiger partial charge >= 0.3 is 12.1 Å². The fourth-order valence-electron chi connectivity index (χ4n) is 2.08. The highest BCUT2D eigenvalue weighted by atomic mass is 19.4. The number of alkyl halides is 3. The summed E-state index contributed by atoms with van der Waals surface area (Å²) in [5.74, 6) is -1.59. The third-order valence-electron chi connectivity index (χ3n) is 3.14. The van der Waals surface area contributed by atoms with E-state index in [9.17, 15) is 18.0 Å². The minimum Gasteiger partial charge on any atom is -0.497 e. The van der Waals surface area contributed by atoms with Gasteiger partial charge in [0, 0.05) is 5.56 Å². The molecule has 0 saturated carbocycles. The number of hydrogen-bond acceptors (Lipinski definition) is 3. The van der Waals surface area contributed by atoms with Gasteiger partial charge in [-0.2, -0.15) is 13.2 Å². The zero-order chi connectivity index (χ0) is 14.9. The van der Waals surface area contributed by atoms with Gasteiger partial charge in [0.1, 0.15) is 11.5 Å². The minimum atomic E-state index is -5.00. The summed E-state index contributed by atoms with van der Waals surface area (Å²) in [6.07, 6.45) is -3.79. The van der Waals surface area contributed by atoms with Gasteiger partial charge in [-0.15, -0.1) is 0 Å². The van der Waals surface area contributed by atoms with Crippen molar-refractivity contribution in [1.29, 1.82) is 0 Å². The first kappa shape index (κ1) is 14.4. The Morgan fingerprint density at radius 3 is 2.55 bits per heavy atom. The zero-order valence-electron chi connectivity index (χ0n) is 11.0. The van der Waals surface area contributed by atoms with Gasteiger partial charge in [0.25, 0.3) is 0 Å². The number of rotatable bonds is 2. The van der Waals surface area contributed by atoms with Crippen LogP contribution in [0.1, 0.15) is 24.5 Å². The smallest absolute Gasteiger partial charge is 0.491 e. The van der Waals surface area contributed by atoms with E-state index >= 15 is 0 Å². The van der Waals surface area contributed by atoms with E-state index in [0.717, 1.165) is 5.56 Å². The molecule has 1 aromatic rings. The highest BCUT2D eigenvalue weighted by molar-refractivity contribution is 5.84. The maximum Gasteiger partial charge on any atom is 0.491 e. The van der Waals surface area contributed by atoms with E-state index in [1.807, 2.05) is 0 Å². The maximum atomic E-state index is 12.3. The Bertz CT molecular complexity index is 574. The van der Waals surface area contributed by atoms with E-state index < -0.39 is 12.1 Å². The Labute approximate surface area is 114 Å². The predicted octanol–water partition coefficient (Wildman–Crippen LogP) is 3.48. The molecule has 0 fully saturated rings. The van der Waals surface area contributed by atoms with E-state index in [1.54, 1.807) is 25.1 Å². The second-order valence-electron chi connectivity index (χ2n) is 4.52. The van der Waals surface area contributed by atoms with Gasteiger partial charge < -0.3 is 9.47 Å². The lowest BCUT2D eigenvalue weighted by Crippen LogP contribution is -2.25. The second-order valence-corrected chi connectivity index (χ2v) is 4.52. The van der Waals surface area contributed by atoms with Crippen molar-refractivity contribution in [3.05, 3.63) is 34.9 Å². The molecule has 1 aliphatic rings. The lowest BCUT2D eigenvalue weighted by molar-refractivity contribution is -0.192. The summed E-state index contributed by atoms with van der Waals surface area (Å²) in [6.45, 7) is 1.66. The minimum absolute atomic E-state index is 0.00349. The molecule has 1 aliphatic carbocycles. The number of methoxy groups -OCH3 is 1. The fraction of sp³-hybridized carbons (Fsp3) is 0.357. The van der Waals surface area contributed by atoms with Gasteiger partial charge in [-0.3, -0.25) is 0 Å².